The lowest BCUT2D eigenvalue weighted by molar-refractivity contribution is 0.0272. The summed E-state index contributed by atoms with van der Waals surface area (Å²) in [5.41, 5.74) is 6.88. The molecule has 0 aliphatic carbocycles. The number of hydrogen-bond acceptors (Lipinski definition) is 5. The number of nitrogens with zero attached hydrogens (tertiary/aromatic N) is 1. The van der Waals surface area contributed by atoms with Crippen molar-refractivity contribution in [3.05, 3.63) is 22.7 Å². The molecule has 0 aromatic heterocycles. The number of nitrogens with one attached hydrogen (secondary N) is 1. The van der Waals surface area contributed by atoms with E-state index in [2.05, 4.69) is 4.83 Å². The largest absolute Gasteiger partial charge is 0.398 e. The summed E-state index contributed by atoms with van der Waals surface area (Å²) in [4.78, 5) is 2.47. The molecular weight excluding hydrogens is 290 g/mol. The van der Waals surface area contributed by atoms with Gasteiger partial charge >= 0.3 is 0 Å². The average Bonchev–Trinajstić information content (AvgIpc) is 2.34. The Labute approximate surface area is 117 Å². The first-order chi connectivity index (χ1) is 8.90. The van der Waals surface area contributed by atoms with E-state index in [1.807, 2.05) is 0 Å². The van der Waals surface area contributed by atoms with Gasteiger partial charge in [0.2, 0.25) is 0 Å². The third kappa shape index (κ3) is 3.37. The summed E-state index contributed by atoms with van der Waals surface area (Å²) in [6, 6.07) is 2.92. The van der Waals surface area contributed by atoms with E-state index >= 15 is 0 Å². The van der Waals surface area contributed by atoms with Gasteiger partial charge in [0.15, 0.2) is 0 Å². The Kier molecular flexibility index (Phi) is 4.32. The van der Waals surface area contributed by atoms with Crippen LogP contribution < -0.4 is 10.6 Å². The molecule has 8 heteroatoms. The SMILES string of the molecule is Cc1cc(Cl)c(S(=O)(=O)NN2CCOCC2)cc1N. The molecular formula is C11H16ClN3O3S. The van der Waals surface area contributed by atoms with Crippen LogP contribution in [-0.4, -0.2) is 39.7 Å². The summed E-state index contributed by atoms with van der Waals surface area (Å²) in [5, 5.41) is 1.75. The number of sulfonamides is 1. The lowest BCUT2D eigenvalue weighted by Gasteiger charge is -2.27. The summed E-state index contributed by atoms with van der Waals surface area (Å²) in [6.07, 6.45) is 0. The molecule has 3 N–H and O–H groups in total. The van der Waals surface area contributed by atoms with E-state index in [1.165, 1.54) is 6.07 Å². The normalized spacial score (nSPS) is 17.6. The Hall–Kier alpha value is -0.860. The molecule has 19 heavy (non-hydrogen) atoms. The maximum atomic E-state index is 12.3. The van der Waals surface area contributed by atoms with Gasteiger partial charge in [0.05, 0.1) is 18.2 Å². The zero-order chi connectivity index (χ0) is 14.0. The van der Waals surface area contributed by atoms with Gasteiger partial charge in [0.25, 0.3) is 10.0 Å². The summed E-state index contributed by atoms with van der Waals surface area (Å²) < 4.78 is 29.7. The van der Waals surface area contributed by atoms with Gasteiger partial charge in [-0.05, 0) is 24.6 Å². The molecule has 1 aromatic rings. The van der Waals surface area contributed by atoms with Crippen LogP contribution in [0.2, 0.25) is 5.02 Å². The zero-order valence-corrected chi connectivity index (χ0v) is 12.1. The van der Waals surface area contributed by atoms with Crippen LogP contribution in [0.15, 0.2) is 17.0 Å². The molecule has 1 aromatic carbocycles. The number of anilines is 1. The Morgan fingerprint density at radius 1 is 1.37 bits per heavy atom. The third-order valence-electron chi connectivity index (χ3n) is 2.87. The lowest BCUT2D eigenvalue weighted by atomic mass is 10.2. The number of benzene rings is 1. The second-order valence-electron chi connectivity index (χ2n) is 4.33. The standard InChI is InChI=1S/C11H16ClN3O3S/c1-8-6-9(12)11(7-10(8)13)19(16,17)14-15-2-4-18-5-3-15/h6-7,14H,2-5,13H2,1H3. The van der Waals surface area contributed by atoms with Gasteiger partial charge in [-0.2, -0.15) is 0 Å². The number of aryl methyl sites for hydroxylation is 1. The molecule has 6 nitrogen and oxygen atoms in total. The molecule has 0 atom stereocenters. The van der Waals surface area contributed by atoms with Crippen molar-refractivity contribution in [2.24, 2.45) is 0 Å². The van der Waals surface area contributed by atoms with Crippen LogP contribution in [-0.2, 0) is 14.8 Å². The first-order valence-corrected chi connectivity index (χ1v) is 7.67. The van der Waals surface area contributed by atoms with Crippen molar-refractivity contribution in [1.82, 2.24) is 9.84 Å². The van der Waals surface area contributed by atoms with Crippen LogP contribution in [0.25, 0.3) is 0 Å². The van der Waals surface area contributed by atoms with Gasteiger partial charge in [-0.1, -0.05) is 11.6 Å². The van der Waals surface area contributed by atoms with Crippen molar-refractivity contribution < 1.29 is 13.2 Å². The summed E-state index contributed by atoms with van der Waals surface area (Å²) >= 11 is 5.99. The lowest BCUT2D eigenvalue weighted by Crippen LogP contribution is -2.48. The van der Waals surface area contributed by atoms with Crippen LogP contribution in [0.5, 0.6) is 0 Å². The van der Waals surface area contributed by atoms with Gasteiger partial charge < -0.3 is 10.5 Å². The maximum Gasteiger partial charge on any atom is 0.255 e. The molecule has 0 spiro atoms. The first kappa shape index (κ1) is 14.5. The molecule has 1 fully saturated rings. The van der Waals surface area contributed by atoms with Gasteiger partial charge in [-0.3, -0.25) is 0 Å². The number of nitrogens with two attached hydrogens (primary N) is 1. The predicted molar refractivity (Wildman–Crippen MR) is 73.3 cm³/mol. The second-order valence-corrected chi connectivity index (χ2v) is 6.37. The second kappa shape index (κ2) is 5.64. The average molecular weight is 306 g/mol. The molecule has 0 amide bonds. The van der Waals surface area contributed by atoms with Gasteiger partial charge in [0.1, 0.15) is 4.90 Å². The number of ether oxygens (including phenoxy) is 1. The van der Waals surface area contributed by atoms with Crippen molar-refractivity contribution in [3.8, 4) is 0 Å². The number of hydrogen-bond donors (Lipinski definition) is 2. The van der Waals surface area contributed by atoms with Crippen molar-refractivity contribution >= 4 is 27.3 Å². The molecule has 2 rings (SSSR count). The van der Waals surface area contributed by atoms with E-state index in [1.54, 1.807) is 18.0 Å². The predicted octanol–water partition coefficient (Wildman–Crippen LogP) is 0.756. The number of halogens is 1. The molecule has 0 bridgehead atoms. The van der Waals surface area contributed by atoms with Crippen LogP contribution in [0.1, 0.15) is 5.56 Å². The maximum absolute atomic E-state index is 12.3. The molecule has 0 radical (unpaired) electrons. The Bertz CT molecular complexity index is 571. The fourth-order valence-electron chi connectivity index (χ4n) is 1.75. The van der Waals surface area contributed by atoms with Crippen molar-refractivity contribution in [1.29, 1.82) is 0 Å². The highest BCUT2D eigenvalue weighted by Crippen LogP contribution is 2.26. The molecule has 0 saturated carbocycles. The summed E-state index contributed by atoms with van der Waals surface area (Å²) in [5.74, 6) is 0. The fraction of sp³-hybridized carbons (Fsp3) is 0.455. The van der Waals surface area contributed by atoms with E-state index in [9.17, 15) is 8.42 Å². The van der Waals surface area contributed by atoms with Crippen LogP contribution in [0.3, 0.4) is 0 Å². The first-order valence-electron chi connectivity index (χ1n) is 5.81. The highest BCUT2D eigenvalue weighted by molar-refractivity contribution is 7.89. The Morgan fingerprint density at radius 3 is 2.63 bits per heavy atom. The molecule has 1 aliphatic rings. The minimum Gasteiger partial charge on any atom is -0.398 e. The fourth-order valence-corrected chi connectivity index (χ4v) is 3.49. The number of morpholine rings is 1. The van der Waals surface area contributed by atoms with E-state index < -0.39 is 10.0 Å². The topological polar surface area (TPSA) is 84.7 Å². The summed E-state index contributed by atoms with van der Waals surface area (Å²) in [6.45, 7) is 3.75. The van der Waals surface area contributed by atoms with E-state index in [0.29, 0.717) is 32.0 Å². The van der Waals surface area contributed by atoms with Crippen LogP contribution in [0, 0.1) is 6.92 Å². The smallest absolute Gasteiger partial charge is 0.255 e. The molecule has 1 heterocycles. The minimum absolute atomic E-state index is 0.0104. The highest BCUT2D eigenvalue weighted by atomic mass is 35.5. The van der Waals surface area contributed by atoms with Crippen LogP contribution in [0.4, 0.5) is 5.69 Å². The molecule has 1 saturated heterocycles. The molecule has 106 valence electrons. The number of hydrazine groups is 1. The molecule has 1 aliphatic heterocycles. The quantitative estimate of drug-likeness (QED) is 0.805. The van der Waals surface area contributed by atoms with Crippen molar-refractivity contribution in [3.63, 3.8) is 0 Å². The Balaban J connectivity index is 2.26. The monoisotopic (exact) mass is 305 g/mol. The van der Waals surface area contributed by atoms with Crippen molar-refractivity contribution in [2.75, 3.05) is 32.0 Å². The van der Waals surface area contributed by atoms with Gasteiger partial charge in [-0.15, -0.1) is 4.83 Å². The number of rotatable bonds is 3. The zero-order valence-electron chi connectivity index (χ0n) is 10.5. The molecule has 0 unspecified atom stereocenters. The highest BCUT2D eigenvalue weighted by Gasteiger charge is 2.23. The van der Waals surface area contributed by atoms with Crippen molar-refractivity contribution in [2.45, 2.75) is 11.8 Å². The number of nitrogen functional groups attached to an aromatic ring is 1. The minimum atomic E-state index is -3.72. The Morgan fingerprint density at radius 2 is 2.00 bits per heavy atom. The van der Waals surface area contributed by atoms with Crippen LogP contribution >= 0.6 is 11.6 Å². The van der Waals surface area contributed by atoms with E-state index in [0.717, 1.165) is 5.56 Å². The third-order valence-corrected chi connectivity index (χ3v) is 4.71. The van der Waals surface area contributed by atoms with E-state index in [4.69, 9.17) is 22.1 Å². The van der Waals surface area contributed by atoms with Gasteiger partial charge in [-0.25, -0.2) is 13.4 Å². The van der Waals surface area contributed by atoms with Gasteiger partial charge in [0, 0.05) is 18.8 Å². The summed E-state index contributed by atoms with van der Waals surface area (Å²) in [7, 11) is -3.72. The van der Waals surface area contributed by atoms with E-state index in [-0.39, 0.29) is 9.92 Å².